The van der Waals surface area contributed by atoms with Gasteiger partial charge in [0.15, 0.2) is 0 Å². The molecule has 0 amide bonds. The molecule has 2 aliphatic heterocycles. The van der Waals surface area contributed by atoms with Crippen molar-refractivity contribution in [2.45, 2.75) is 70.9 Å². The third-order valence-corrected chi connectivity index (χ3v) is 7.06. The van der Waals surface area contributed by atoms with E-state index in [9.17, 15) is 0 Å². The Morgan fingerprint density at radius 2 is 1.54 bits per heavy atom. The molecule has 1 saturated heterocycles. The van der Waals surface area contributed by atoms with Gasteiger partial charge in [-0.2, -0.15) is 0 Å². The number of para-hydroxylation sites is 1. The summed E-state index contributed by atoms with van der Waals surface area (Å²) in [5.74, 6) is 1.87. The Labute approximate surface area is 148 Å². The van der Waals surface area contributed by atoms with Gasteiger partial charge in [0.05, 0.1) is 0 Å². The fourth-order valence-corrected chi connectivity index (χ4v) is 5.44. The third kappa shape index (κ3) is 3.22. The highest BCUT2D eigenvalue weighted by Gasteiger charge is 2.33. The van der Waals surface area contributed by atoms with Crippen LogP contribution in [0.3, 0.4) is 0 Å². The summed E-state index contributed by atoms with van der Waals surface area (Å²) in [4.78, 5) is 5.54. The van der Waals surface area contributed by atoms with Crippen LogP contribution in [-0.4, -0.2) is 36.6 Å². The van der Waals surface area contributed by atoms with E-state index in [0.717, 1.165) is 23.9 Å². The number of likely N-dealkylation sites (tertiary alicyclic amines) is 1. The van der Waals surface area contributed by atoms with Crippen molar-refractivity contribution in [3.8, 4) is 0 Å². The van der Waals surface area contributed by atoms with E-state index in [4.69, 9.17) is 0 Å². The zero-order valence-corrected chi connectivity index (χ0v) is 15.6. The molecule has 0 N–H and O–H groups in total. The molecule has 0 atom stereocenters. The third-order valence-electron chi connectivity index (χ3n) is 7.06. The lowest BCUT2D eigenvalue weighted by molar-refractivity contribution is 0.0978. The highest BCUT2D eigenvalue weighted by Crippen LogP contribution is 2.35. The van der Waals surface area contributed by atoms with E-state index in [1.165, 1.54) is 70.3 Å². The topological polar surface area (TPSA) is 6.48 Å². The van der Waals surface area contributed by atoms with Crippen LogP contribution in [0.15, 0.2) is 24.3 Å². The van der Waals surface area contributed by atoms with E-state index in [2.05, 4.69) is 47.9 Å². The standard InChI is InChI=1S/C22H34N2/c1-17(2)18-7-9-20(10-8-18)23-14-12-21(13-15-23)24-16-11-19-5-3-4-6-22(19)24/h3-6,17-18,20-21H,7-16H2,1-2H3. The van der Waals surface area contributed by atoms with Crippen LogP contribution in [-0.2, 0) is 6.42 Å². The van der Waals surface area contributed by atoms with Crippen molar-refractivity contribution in [2.24, 2.45) is 11.8 Å². The largest absolute Gasteiger partial charge is 0.368 e. The van der Waals surface area contributed by atoms with Crippen LogP contribution in [0.4, 0.5) is 5.69 Å². The van der Waals surface area contributed by atoms with Crippen LogP contribution >= 0.6 is 0 Å². The fraction of sp³-hybridized carbons (Fsp3) is 0.727. The van der Waals surface area contributed by atoms with Gasteiger partial charge in [-0.1, -0.05) is 32.0 Å². The van der Waals surface area contributed by atoms with Crippen LogP contribution < -0.4 is 4.90 Å². The second-order valence-electron chi connectivity index (χ2n) is 8.65. The zero-order valence-electron chi connectivity index (χ0n) is 15.6. The van der Waals surface area contributed by atoms with Crippen LogP contribution in [0.2, 0.25) is 0 Å². The second-order valence-corrected chi connectivity index (χ2v) is 8.65. The van der Waals surface area contributed by atoms with Gasteiger partial charge < -0.3 is 9.80 Å². The summed E-state index contributed by atoms with van der Waals surface area (Å²) in [6, 6.07) is 10.7. The van der Waals surface area contributed by atoms with Crippen LogP contribution in [0.5, 0.6) is 0 Å². The van der Waals surface area contributed by atoms with E-state index in [-0.39, 0.29) is 0 Å². The first-order chi connectivity index (χ1) is 11.7. The molecule has 1 saturated carbocycles. The van der Waals surface area contributed by atoms with Gasteiger partial charge in [0, 0.05) is 37.4 Å². The molecule has 0 aromatic heterocycles. The smallest absolute Gasteiger partial charge is 0.0402 e. The molecule has 1 aromatic rings. The predicted octanol–water partition coefficient (Wildman–Crippen LogP) is 4.73. The van der Waals surface area contributed by atoms with Gasteiger partial charge in [-0.3, -0.25) is 0 Å². The fourth-order valence-electron chi connectivity index (χ4n) is 5.44. The molecule has 2 heteroatoms. The van der Waals surface area contributed by atoms with E-state index in [1.54, 1.807) is 5.56 Å². The molecule has 2 nitrogen and oxygen atoms in total. The molecular formula is C22H34N2. The van der Waals surface area contributed by atoms with Crippen molar-refractivity contribution in [1.82, 2.24) is 4.90 Å². The maximum Gasteiger partial charge on any atom is 0.0402 e. The summed E-state index contributed by atoms with van der Waals surface area (Å²) >= 11 is 0. The van der Waals surface area contributed by atoms with E-state index >= 15 is 0 Å². The number of nitrogens with zero attached hydrogens (tertiary/aromatic N) is 2. The SMILES string of the molecule is CC(C)C1CCC(N2CCC(N3CCc4ccccc43)CC2)CC1. The van der Waals surface area contributed by atoms with Gasteiger partial charge in [-0.25, -0.2) is 0 Å². The molecule has 0 bridgehead atoms. The van der Waals surface area contributed by atoms with Crippen LogP contribution in [0, 0.1) is 11.8 Å². The van der Waals surface area contributed by atoms with Gasteiger partial charge in [0.2, 0.25) is 0 Å². The Kier molecular flexibility index (Phi) is 4.85. The molecule has 0 spiro atoms. The van der Waals surface area contributed by atoms with Crippen molar-refractivity contribution < 1.29 is 0 Å². The van der Waals surface area contributed by atoms with Crippen LogP contribution in [0.25, 0.3) is 0 Å². The summed E-state index contributed by atoms with van der Waals surface area (Å²) in [6.45, 7) is 8.69. The molecule has 1 aromatic carbocycles. The highest BCUT2D eigenvalue weighted by atomic mass is 15.2. The van der Waals surface area contributed by atoms with Crippen molar-refractivity contribution in [1.29, 1.82) is 0 Å². The van der Waals surface area contributed by atoms with Gasteiger partial charge in [0.25, 0.3) is 0 Å². The maximum atomic E-state index is 2.83. The monoisotopic (exact) mass is 326 g/mol. The number of piperidine rings is 1. The molecule has 1 aliphatic carbocycles. The lowest BCUT2D eigenvalue weighted by Gasteiger charge is -2.43. The number of hydrogen-bond donors (Lipinski definition) is 0. The molecule has 24 heavy (non-hydrogen) atoms. The highest BCUT2D eigenvalue weighted by molar-refractivity contribution is 5.58. The van der Waals surface area contributed by atoms with E-state index in [0.29, 0.717) is 0 Å². The Bertz CT molecular complexity index is 537. The average Bonchev–Trinajstić information content (AvgIpc) is 3.06. The number of benzene rings is 1. The normalized spacial score (nSPS) is 29.2. The summed E-state index contributed by atoms with van der Waals surface area (Å²) in [6.07, 6.45) is 9.77. The first-order valence-electron chi connectivity index (χ1n) is 10.3. The van der Waals surface area contributed by atoms with Gasteiger partial charge in [-0.05, 0) is 68.4 Å². The first-order valence-corrected chi connectivity index (χ1v) is 10.3. The molecule has 0 radical (unpaired) electrons. The van der Waals surface area contributed by atoms with E-state index < -0.39 is 0 Å². The summed E-state index contributed by atoms with van der Waals surface area (Å²) in [5.41, 5.74) is 3.08. The minimum atomic E-state index is 0.775. The van der Waals surface area contributed by atoms with Gasteiger partial charge in [-0.15, -0.1) is 0 Å². The number of rotatable bonds is 3. The second kappa shape index (κ2) is 7.07. The molecule has 2 heterocycles. The van der Waals surface area contributed by atoms with Crippen molar-refractivity contribution in [3.63, 3.8) is 0 Å². The molecule has 132 valence electrons. The Hall–Kier alpha value is -1.02. The van der Waals surface area contributed by atoms with Gasteiger partial charge in [0.1, 0.15) is 0 Å². The zero-order chi connectivity index (χ0) is 16.5. The minimum Gasteiger partial charge on any atom is -0.368 e. The molecular weight excluding hydrogens is 292 g/mol. The Morgan fingerprint density at radius 3 is 2.25 bits per heavy atom. The number of hydrogen-bond acceptors (Lipinski definition) is 2. The van der Waals surface area contributed by atoms with Crippen molar-refractivity contribution >= 4 is 5.69 Å². The van der Waals surface area contributed by atoms with Crippen molar-refractivity contribution in [3.05, 3.63) is 29.8 Å². The summed E-state index contributed by atoms with van der Waals surface area (Å²) in [7, 11) is 0. The minimum absolute atomic E-state index is 0.775. The number of anilines is 1. The first kappa shape index (κ1) is 16.4. The Morgan fingerprint density at radius 1 is 0.833 bits per heavy atom. The average molecular weight is 327 g/mol. The molecule has 0 unspecified atom stereocenters. The summed E-state index contributed by atoms with van der Waals surface area (Å²) < 4.78 is 0. The van der Waals surface area contributed by atoms with Gasteiger partial charge >= 0.3 is 0 Å². The molecule has 2 fully saturated rings. The molecule has 4 rings (SSSR count). The van der Waals surface area contributed by atoms with E-state index in [1.807, 2.05) is 0 Å². The van der Waals surface area contributed by atoms with Crippen LogP contribution in [0.1, 0.15) is 57.9 Å². The lowest BCUT2D eigenvalue weighted by Crippen LogP contribution is -2.48. The van der Waals surface area contributed by atoms with Crippen molar-refractivity contribution in [2.75, 3.05) is 24.5 Å². The maximum absolute atomic E-state index is 2.83. The lowest BCUT2D eigenvalue weighted by atomic mass is 9.79. The summed E-state index contributed by atoms with van der Waals surface area (Å²) in [5, 5.41) is 0. The quantitative estimate of drug-likeness (QED) is 0.792. The predicted molar refractivity (Wildman–Crippen MR) is 103 cm³/mol. The number of fused-ring (bicyclic) bond motifs is 1. The Balaban J connectivity index is 1.30. The molecule has 3 aliphatic rings.